The molecule has 0 atom stereocenters. The molecule has 10 heteroatoms. The Labute approximate surface area is 187 Å². The summed E-state index contributed by atoms with van der Waals surface area (Å²) in [5.41, 5.74) is 4.15. The Hall–Kier alpha value is -3.36. The Morgan fingerprint density at radius 1 is 1.03 bits per heavy atom. The number of nitrogens with zero attached hydrogens (tertiary/aromatic N) is 5. The van der Waals surface area contributed by atoms with Crippen molar-refractivity contribution in [2.75, 3.05) is 5.43 Å². The lowest BCUT2D eigenvalue weighted by atomic mass is 10.2. The average Bonchev–Trinajstić information content (AvgIpc) is 3.12. The lowest BCUT2D eigenvalue weighted by Crippen LogP contribution is -2.37. The maximum absolute atomic E-state index is 12.9. The summed E-state index contributed by atoms with van der Waals surface area (Å²) in [6, 6.07) is 14.5. The number of hydrogen-bond donors (Lipinski definition) is 1. The van der Waals surface area contributed by atoms with E-state index in [-0.39, 0.29) is 11.2 Å². The van der Waals surface area contributed by atoms with Crippen molar-refractivity contribution in [3.8, 4) is 0 Å². The van der Waals surface area contributed by atoms with Gasteiger partial charge in [0, 0.05) is 29.7 Å². The molecule has 2 heterocycles. The fraction of sp³-hybridized carbons (Fsp3) is 0.143. The molecule has 2 aromatic heterocycles. The molecular formula is C21H18Cl2N6O2. The Morgan fingerprint density at radius 2 is 1.74 bits per heavy atom. The molecule has 0 aliphatic carbocycles. The third-order valence-corrected chi connectivity index (χ3v) is 5.47. The van der Waals surface area contributed by atoms with Gasteiger partial charge in [-0.1, -0.05) is 53.5 Å². The van der Waals surface area contributed by atoms with Gasteiger partial charge in [0.05, 0.1) is 12.8 Å². The van der Waals surface area contributed by atoms with Crippen LogP contribution in [0.1, 0.15) is 11.1 Å². The summed E-state index contributed by atoms with van der Waals surface area (Å²) in [6.07, 6.45) is 1.56. The Bertz CT molecular complexity index is 1420. The van der Waals surface area contributed by atoms with Crippen LogP contribution in [0.4, 0.5) is 5.95 Å². The number of hydrogen-bond acceptors (Lipinski definition) is 5. The molecule has 1 N–H and O–H groups in total. The second kappa shape index (κ2) is 8.41. The van der Waals surface area contributed by atoms with Gasteiger partial charge in [0.1, 0.15) is 0 Å². The number of nitrogens with one attached hydrogen (secondary N) is 1. The third-order valence-electron chi connectivity index (χ3n) is 4.88. The summed E-state index contributed by atoms with van der Waals surface area (Å²) in [6.45, 7) is 0.324. The predicted octanol–water partition coefficient (Wildman–Crippen LogP) is 3.23. The van der Waals surface area contributed by atoms with Crippen molar-refractivity contribution in [3.63, 3.8) is 0 Å². The van der Waals surface area contributed by atoms with Crippen molar-refractivity contribution in [1.82, 2.24) is 18.7 Å². The van der Waals surface area contributed by atoms with Gasteiger partial charge in [-0.2, -0.15) is 10.1 Å². The van der Waals surface area contributed by atoms with Crippen LogP contribution in [-0.2, 0) is 20.6 Å². The predicted molar refractivity (Wildman–Crippen MR) is 123 cm³/mol. The summed E-state index contributed by atoms with van der Waals surface area (Å²) < 4.78 is 4.07. The average molecular weight is 457 g/mol. The number of aryl methyl sites for hydroxylation is 1. The third kappa shape index (κ3) is 3.99. The molecule has 31 heavy (non-hydrogen) atoms. The molecule has 0 radical (unpaired) electrons. The van der Waals surface area contributed by atoms with Gasteiger partial charge in [0.15, 0.2) is 11.2 Å². The minimum Gasteiger partial charge on any atom is -0.298 e. The summed E-state index contributed by atoms with van der Waals surface area (Å²) in [5.74, 6) is 0.312. The molecule has 0 aliphatic heterocycles. The first kappa shape index (κ1) is 20.9. The molecule has 0 bridgehead atoms. The Morgan fingerprint density at radius 3 is 2.45 bits per heavy atom. The largest absolute Gasteiger partial charge is 0.332 e. The van der Waals surface area contributed by atoms with E-state index in [4.69, 9.17) is 23.2 Å². The van der Waals surface area contributed by atoms with Crippen molar-refractivity contribution in [3.05, 3.63) is 90.5 Å². The van der Waals surface area contributed by atoms with Crippen LogP contribution in [0.3, 0.4) is 0 Å². The monoisotopic (exact) mass is 456 g/mol. The normalized spacial score (nSPS) is 11.5. The van der Waals surface area contributed by atoms with Crippen molar-refractivity contribution in [1.29, 1.82) is 0 Å². The Kier molecular flexibility index (Phi) is 5.67. The van der Waals surface area contributed by atoms with E-state index in [0.717, 1.165) is 15.7 Å². The number of aromatic nitrogens is 4. The van der Waals surface area contributed by atoms with Crippen molar-refractivity contribution >= 4 is 46.5 Å². The van der Waals surface area contributed by atoms with Gasteiger partial charge in [0.25, 0.3) is 5.56 Å². The highest BCUT2D eigenvalue weighted by atomic mass is 35.5. The molecule has 0 unspecified atom stereocenters. The molecule has 4 rings (SSSR count). The summed E-state index contributed by atoms with van der Waals surface area (Å²) in [5, 5.41) is 5.39. The van der Waals surface area contributed by atoms with Crippen LogP contribution < -0.4 is 16.7 Å². The van der Waals surface area contributed by atoms with Gasteiger partial charge < -0.3 is 0 Å². The van der Waals surface area contributed by atoms with E-state index in [1.165, 1.54) is 11.6 Å². The highest BCUT2D eigenvalue weighted by molar-refractivity contribution is 6.33. The molecule has 158 valence electrons. The lowest BCUT2D eigenvalue weighted by molar-refractivity contribution is 0.702. The highest BCUT2D eigenvalue weighted by Crippen LogP contribution is 2.19. The van der Waals surface area contributed by atoms with Crippen molar-refractivity contribution in [2.24, 2.45) is 19.2 Å². The van der Waals surface area contributed by atoms with E-state index in [2.05, 4.69) is 15.5 Å². The van der Waals surface area contributed by atoms with Crippen LogP contribution in [0, 0.1) is 0 Å². The number of benzene rings is 2. The van der Waals surface area contributed by atoms with Crippen LogP contribution in [0.25, 0.3) is 11.2 Å². The molecule has 0 aliphatic rings. The second-order valence-electron chi connectivity index (χ2n) is 6.92. The zero-order valence-electron chi connectivity index (χ0n) is 16.7. The second-order valence-corrected chi connectivity index (χ2v) is 7.76. The molecule has 0 fully saturated rings. The number of rotatable bonds is 5. The smallest absolute Gasteiger partial charge is 0.298 e. The maximum Gasteiger partial charge on any atom is 0.332 e. The first-order valence-corrected chi connectivity index (χ1v) is 10.1. The summed E-state index contributed by atoms with van der Waals surface area (Å²) in [7, 11) is 3.01. The number of fused-ring (bicyclic) bond motifs is 1. The minimum atomic E-state index is -0.459. The zero-order chi connectivity index (χ0) is 22.1. The van der Waals surface area contributed by atoms with Gasteiger partial charge in [-0.25, -0.2) is 10.2 Å². The number of anilines is 1. The Balaban J connectivity index is 1.83. The standard InChI is InChI=1S/C21H18Cl2N6O2/c1-27-18-17(19(30)28(2)21(27)31)29(12-13-7-9-15(22)10-8-13)20(25-18)26-24-11-14-5-3-4-6-16(14)23/h3-11H,12H2,1-2H3,(H,25,26)/b24-11+. The minimum absolute atomic E-state index is 0.262. The summed E-state index contributed by atoms with van der Waals surface area (Å²) in [4.78, 5) is 29.7. The number of halogens is 2. The molecule has 8 nitrogen and oxygen atoms in total. The van der Waals surface area contributed by atoms with Gasteiger partial charge in [0.2, 0.25) is 5.95 Å². The van der Waals surface area contributed by atoms with Crippen LogP contribution in [0.15, 0.2) is 63.2 Å². The highest BCUT2D eigenvalue weighted by Gasteiger charge is 2.19. The molecule has 4 aromatic rings. The SMILES string of the molecule is Cn1c(=O)c2c(nc(N/N=C/c3ccccc3Cl)n2Cc2ccc(Cl)cc2)n(C)c1=O. The van der Waals surface area contributed by atoms with Gasteiger partial charge >= 0.3 is 5.69 Å². The molecule has 2 aromatic carbocycles. The van der Waals surface area contributed by atoms with Crippen LogP contribution in [0.5, 0.6) is 0 Å². The van der Waals surface area contributed by atoms with Gasteiger partial charge in [-0.05, 0) is 23.8 Å². The molecule has 0 saturated heterocycles. The number of imidazole rings is 1. The van der Waals surface area contributed by atoms with Crippen molar-refractivity contribution < 1.29 is 0 Å². The van der Waals surface area contributed by atoms with Gasteiger partial charge in [-0.15, -0.1) is 0 Å². The van der Waals surface area contributed by atoms with Crippen LogP contribution in [0.2, 0.25) is 10.0 Å². The topological polar surface area (TPSA) is 86.2 Å². The molecule has 0 amide bonds. The van der Waals surface area contributed by atoms with Crippen LogP contribution >= 0.6 is 23.2 Å². The fourth-order valence-corrected chi connectivity index (χ4v) is 3.51. The maximum atomic E-state index is 12.9. The number of hydrazone groups is 1. The molecule has 0 spiro atoms. The fourth-order valence-electron chi connectivity index (χ4n) is 3.20. The van der Waals surface area contributed by atoms with E-state index in [0.29, 0.717) is 22.5 Å². The van der Waals surface area contributed by atoms with E-state index in [9.17, 15) is 9.59 Å². The van der Waals surface area contributed by atoms with Crippen LogP contribution in [-0.4, -0.2) is 24.9 Å². The van der Waals surface area contributed by atoms with E-state index in [1.54, 1.807) is 36.0 Å². The van der Waals surface area contributed by atoms with Crippen molar-refractivity contribution in [2.45, 2.75) is 6.54 Å². The first-order chi connectivity index (χ1) is 14.9. The zero-order valence-corrected chi connectivity index (χ0v) is 18.2. The molecule has 0 saturated carbocycles. The van der Waals surface area contributed by atoms with Gasteiger partial charge in [-0.3, -0.25) is 18.5 Å². The molecular weight excluding hydrogens is 439 g/mol. The quantitative estimate of drug-likeness (QED) is 0.368. The van der Waals surface area contributed by atoms with E-state index in [1.807, 2.05) is 30.3 Å². The van der Waals surface area contributed by atoms with E-state index < -0.39 is 11.2 Å². The lowest BCUT2D eigenvalue weighted by Gasteiger charge is -2.09. The summed E-state index contributed by atoms with van der Waals surface area (Å²) >= 11 is 12.2. The first-order valence-electron chi connectivity index (χ1n) is 9.31. The van der Waals surface area contributed by atoms with E-state index >= 15 is 0 Å².